The lowest BCUT2D eigenvalue weighted by molar-refractivity contribution is -0.123. The zero-order valence-electron chi connectivity index (χ0n) is 11.9. The van der Waals surface area contributed by atoms with Crippen molar-refractivity contribution < 1.29 is 4.79 Å². The van der Waals surface area contributed by atoms with Gasteiger partial charge in [0.25, 0.3) is 0 Å². The Hall–Kier alpha value is -2.05. The van der Waals surface area contributed by atoms with E-state index < -0.39 is 0 Å². The largest absolute Gasteiger partial charge is 0.370 e. The highest BCUT2D eigenvalue weighted by Gasteiger charge is 2.15. The number of nitrogens with one attached hydrogen (secondary N) is 2. The van der Waals surface area contributed by atoms with Gasteiger partial charge < -0.3 is 21.3 Å². The van der Waals surface area contributed by atoms with Crippen molar-refractivity contribution in [3.63, 3.8) is 0 Å². The molecule has 0 saturated heterocycles. The van der Waals surface area contributed by atoms with E-state index in [-0.39, 0.29) is 17.8 Å². The molecule has 0 aromatic carbocycles. The van der Waals surface area contributed by atoms with Crippen LogP contribution in [-0.2, 0) is 4.79 Å². The standard InChI is InChI=1S/C12H22N6O/c1-5-15-9-6-10(17-12(13)16-9)18(4)7-8(2)11(19)14-3/h6,8H,5,7H2,1-4H3,(H,14,19)(H3,13,15,16,17). The maximum Gasteiger partial charge on any atom is 0.224 e. The molecule has 0 spiro atoms. The second-order valence-corrected chi connectivity index (χ2v) is 4.40. The maximum atomic E-state index is 11.5. The van der Waals surface area contributed by atoms with Gasteiger partial charge in [-0.05, 0) is 6.92 Å². The van der Waals surface area contributed by atoms with Gasteiger partial charge >= 0.3 is 0 Å². The van der Waals surface area contributed by atoms with E-state index in [1.807, 2.05) is 31.9 Å². The first kappa shape index (κ1) is 15.0. The van der Waals surface area contributed by atoms with Crippen LogP contribution in [0.1, 0.15) is 13.8 Å². The molecule has 1 atom stereocenters. The zero-order chi connectivity index (χ0) is 14.4. The molecule has 0 fully saturated rings. The Morgan fingerprint density at radius 1 is 1.53 bits per heavy atom. The van der Waals surface area contributed by atoms with Crippen molar-refractivity contribution in [3.05, 3.63) is 6.07 Å². The molecule has 1 aromatic rings. The van der Waals surface area contributed by atoms with Crippen LogP contribution in [0.5, 0.6) is 0 Å². The van der Waals surface area contributed by atoms with Gasteiger partial charge in [-0.3, -0.25) is 4.79 Å². The van der Waals surface area contributed by atoms with E-state index in [4.69, 9.17) is 5.73 Å². The Morgan fingerprint density at radius 2 is 2.21 bits per heavy atom. The average Bonchev–Trinajstić information content (AvgIpc) is 2.37. The number of hydrogen-bond acceptors (Lipinski definition) is 6. The van der Waals surface area contributed by atoms with Crippen LogP contribution in [0, 0.1) is 5.92 Å². The van der Waals surface area contributed by atoms with Gasteiger partial charge in [0, 0.05) is 33.3 Å². The third-order valence-electron chi connectivity index (χ3n) is 2.72. The number of aromatic nitrogens is 2. The Labute approximate surface area is 113 Å². The van der Waals surface area contributed by atoms with Crippen LogP contribution in [0.25, 0.3) is 0 Å². The van der Waals surface area contributed by atoms with Gasteiger partial charge in [-0.25, -0.2) is 0 Å². The van der Waals surface area contributed by atoms with Crippen molar-refractivity contribution in [2.24, 2.45) is 5.92 Å². The molecule has 1 aromatic heterocycles. The quantitative estimate of drug-likeness (QED) is 0.685. The predicted molar refractivity (Wildman–Crippen MR) is 77.1 cm³/mol. The summed E-state index contributed by atoms with van der Waals surface area (Å²) in [5.74, 6) is 1.46. The lowest BCUT2D eigenvalue weighted by atomic mass is 10.1. The SMILES string of the molecule is CCNc1cc(N(C)CC(C)C(=O)NC)nc(N)n1. The Morgan fingerprint density at radius 3 is 2.79 bits per heavy atom. The third kappa shape index (κ3) is 4.27. The summed E-state index contributed by atoms with van der Waals surface area (Å²) in [6.45, 7) is 5.16. The smallest absolute Gasteiger partial charge is 0.224 e. The van der Waals surface area contributed by atoms with Gasteiger partial charge in [0.15, 0.2) is 0 Å². The minimum Gasteiger partial charge on any atom is -0.370 e. The first-order valence-electron chi connectivity index (χ1n) is 6.29. The highest BCUT2D eigenvalue weighted by molar-refractivity contribution is 5.78. The second kappa shape index (κ2) is 6.77. The monoisotopic (exact) mass is 266 g/mol. The van der Waals surface area contributed by atoms with Crippen LogP contribution in [0.15, 0.2) is 6.07 Å². The molecule has 0 aliphatic carbocycles. The van der Waals surface area contributed by atoms with Crippen LogP contribution in [-0.4, -0.2) is 43.1 Å². The van der Waals surface area contributed by atoms with Gasteiger partial charge in [0.05, 0.1) is 5.92 Å². The maximum absolute atomic E-state index is 11.5. The van der Waals surface area contributed by atoms with Crippen LogP contribution < -0.4 is 21.3 Å². The summed E-state index contributed by atoms with van der Waals surface area (Å²) in [7, 11) is 3.50. The summed E-state index contributed by atoms with van der Waals surface area (Å²) in [4.78, 5) is 21.7. The number of hydrogen-bond donors (Lipinski definition) is 3. The molecule has 106 valence electrons. The minimum atomic E-state index is -0.131. The average molecular weight is 266 g/mol. The summed E-state index contributed by atoms with van der Waals surface area (Å²) in [6, 6.07) is 1.82. The molecule has 1 rings (SSSR count). The van der Waals surface area contributed by atoms with Gasteiger partial charge in [0.2, 0.25) is 11.9 Å². The highest BCUT2D eigenvalue weighted by atomic mass is 16.1. The molecule has 0 aliphatic rings. The molecule has 4 N–H and O–H groups in total. The number of amides is 1. The van der Waals surface area contributed by atoms with Crippen molar-refractivity contribution in [3.8, 4) is 0 Å². The molecule has 1 amide bonds. The summed E-state index contributed by atoms with van der Waals surface area (Å²) in [5.41, 5.74) is 5.68. The topological polar surface area (TPSA) is 96.2 Å². The highest BCUT2D eigenvalue weighted by Crippen LogP contribution is 2.16. The van der Waals surface area contributed by atoms with E-state index in [1.54, 1.807) is 7.05 Å². The normalized spacial score (nSPS) is 11.8. The molecule has 7 nitrogen and oxygen atoms in total. The Bertz CT molecular complexity index is 436. The van der Waals surface area contributed by atoms with Gasteiger partial charge in [-0.2, -0.15) is 9.97 Å². The fourth-order valence-corrected chi connectivity index (χ4v) is 1.75. The second-order valence-electron chi connectivity index (χ2n) is 4.40. The van der Waals surface area contributed by atoms with E-state index in [0.29, 0.717) is 18.2 Å². The number of carbonyl (C=O) groups is 1. The number of nitrogens with zero attached hydrogens (tertiary/aromatic N) is 3. The van der Waals surface area contributed by atoms with Crippen LogP contribution in [0.2, 0.25) is 0 Å². The van der Waals surface area contributed by atoms with Crippen molar-refractivity contribution in [2.75, 3.05) is 43.1 Å². The fraction of sp³-hybridized carbons (Fsp3) is 0.583. The third-order valence-corrected chi connectivity index (χ3v) is 2.72. The van der Waals surface area contributed by atoms with Crippen LogP contribution >= 0.6 is 0 Å². The van der Waals surface area contributed by atoms with Gasteiger partial charge in [-0.1, -0.05) is 6.92 Å². The summed E-state index contributed by atoms with van der Waals surface area (Å²) in [5, 5.41) is 5.72. The van der Waals surface area contributed by atoms with Crippen LogP contribution in [0.4, 0.5) is 17.6 Å². The summed E-state index contributed by atoms with van der Waals surface area (Å²) < 4.78 is 0. The molecule has 7 heteroatoms. The number of rotatable bonds is 6. The zero-order valence-corrected chi connectivity index (χ0v) is 11.9. The van der Waals surface area contributed by atoms with E-state index in [0.717, 1.165) is 6.54 Å². The van der Waals surface area contributed by atoms with E-state index in [2.05, 4.69) is 20.6 Å². The molecule has 0 bridgehead atoms. The van der Waals surface area contributed by atoms with Gasteiger partial charge in [-0.15, -0.1) is 0 Å². The van der Waals surface area contributed by atoms with Crippen molar-refractivity contribution in [1.29, 1.82) is 0 Å². The first-order chi connectivity index (χ1) is 8.97. The molecule has 0 radical (unpaired) electrons. The van der Waals surface area contributed by atoms with Crippen molar-refractivity contribution in [2.45, 2.75) is 13.8 Å². The molecule has 0 saturated carbocycles. The summed E-state index contributed by atoms with van der Waals surface area (Å²) in [6.07, 6.45) is 0. The van der Waals surface area contributed by atoms with Crippen molar-refractivity contribution >= 4 is 23.5 Å². The van der Waals surface area contributed by atoms with Crippen molar-refractivity contribution in [1.82, 2.24) is 15.3 Å². The lowest BCUT2D eigenvalue weighted by Crippen LogP contribution is -2.34. The molecular formula is C12H22N6O. The van der Waals surface area contributed by atoms with Gasteiger partial charge in [0.1, 0.15) is 11.6 Å². The number of nitrogen functional groups attached to an aromatic ring is 1. The molecular weight excluding hydrogens is 244 g/mol. The fourth-order valence-electron chi connectivity index (χ4n) is 1.75. The Balaban J connectivity index is 2.81. The number of nitrogens with two attached hydrogens (primary N) is 1. The lowest BCUT2D eigenvalue weighted by Gasteiger charge is -2.22. The molecule has 1 unspecified atom stereocenters. The van der Waals surface area contributed by atoms with Crippen LogP contribution in [0.3, 0.4) is 0 Å². The number of carbonyl (C=O) groups excluding carboxylic acids is 1. The predicted octanol–water partition coefficient (Wildman–Crippen LogP) is 0.309. The molecule has 19 heavy (non-hydrogen) atoms. The van der Waals surface area contributed by atoms with E-state index in [9.17, 15) is 4.79 Å². The molecule has 0 aliphatic heterocycles. The van der Waals surface area contributed by atoms with E-state index >= 15 is 0 Å². The minimum absolute atomic E-state index is 0.000727. The number of anilines is 3. The Kier molecular flexibility index (Phi) is 5.35. The van der Waals surface area contributed by atoms with E-state index in [1.165, 1.54) is 0 Å². The first-order valence-corrected chi connectivity index (χ1v) is 6.29. The molecule has 1 heterocycles. The summed E-state index contributed by atoms with van der Waals surface area (Å²) >= 11 is 0.